The molecule has 0 bridgehead atoms. The second-order valence-electron chi connectivity index (χ2n) is 4.53. The number of carboxylic acids is 1. The molecule has 1 rings (SSSR count). The molecule has 0 spiro atoms. The number of nitrogens with zero attached hydrogens (tertiary/aromatic N) is 2. The number of anilines is 1. The van der Waals surface area contributed by atoms with Crippen molar-refractivity contribution in [3.63, 3.8) is 0 Å². The van der Waals surface area contributed by atoms with Crippen LogP contribution in [0.15, 0.2) is 6.07 Å². The SMILES string of the molecule is Cc1cc(C(=O)O)nc(NC(CCO)C(C)C)n1. The largest absolute Gasteiger partial charge is 0.477 e. The molecule has 1 aromatic heterocycles. The Hall–Kier alpha value is -1.69. The Morgan fingerprint density at radius 3 is 2.61 bits per heavy atom. The van der Waals surface area contributed by atoms with E-state index in [4.69, 9.17) is 10.2 Å². The summed E-state index contributed by atoms with van der Waals surface area (Å²) >= 11 is 0. The lowest BCUT2D eigenvalue weighted by atomic mass is 10.0. The van der Waals surface area contributed by atoms with Crippen molar-refractivity contribution in [2.45, 2.75) is 33.2 Å². The predicted octanol–water partition coefficient (Wildman–Crippen LogP) is 1.30. The lowest BCUT2D eigenvalue weighted by Crippen LogP contribution is -2.28. The number of aromatic carboxylic acids is 1. The van der Waals surface area contributed by atoms with Crippen LogP contribution < -0.4 is 5.32 Å². The van der Waals surface area contributed by atoms with Crippen molar-refractivity contribution < 1.29 is 15.0 Å². The van der Waals surface area contributed by atoms with Gasteiger partial charge in [-0.3, -0.25) is 0 Å². The number of aryl methyl sites for hydroxylation is 1. The summed E-state index contributed by atoms with van der Waals surface area (Å²) in [6.07, 6.45) is 0.567. The van der Waals surface area contributed by atoms with Gasteiger partial charge in [0.05, 0.1) is 0 Å². The number of hydrogen-bond donors (Lipinski definition) is 3. The molecule has 0 aromatic carbocycles. The van der Waals surface area contributed by atoms with Crippen molar-refractivity contribution in [3.8, 4) is 0 Å². The van der Waals surface area contributed by atoms with E-state index < -0.39 is 5.97 Å². The summed E-state index contributed by atoms with van der Waals surface area (Å²) in [5.74, 6) is -0.499. The average Bonchev–Trinajstić information content (AvgIpc) is 2.27. The van der Waals surface area contributed by atoms with Crippen LogP contribution in [0.2, 0.25) is 0 Å². The molecule has 0 saturated heterocycles. The van der Waals surface area contributed by atoms with Gasteiger partial charge in [0, 0.05) is 18.3 Å². The molecule has 0 fully saturated rings. The Labute approximate surface area is 106 Å². The monoisotopic (exact) mass is 253 g/mol. The van der Waals surface area contributed by atoms with Gasteiger partial charge in [-0.05, 0) is 25.3 Å². The quantitative estimate of drug-likeness (QED) is 0.707. The van der Waals surface area contributed by atoms with Gasteiger partial charge in [0.2, 0.25) is 5.95 Å². The van der Waals surface area contributed by atoms with Gasteiger partial charge in [-0.1, -0.05) is 13.8 Å². The van der Waals surface area contributed by atoms with E-state index in [-0.39, 0.29) is 24.3 Å². The van der Waals surface area contributed by atoms with Crippen LogP contribution in [-0.4, -0.2) is 38.8 Å². The van der Waals surface area contributed by atoms with E-state index in [1.54, 1.807) is 6.92 Å². The Morgan fingerprint density at radius 1 is 1.44 bits per heavy atom. The van der Waals surface area contributed by atoms with Crippen LogP contribution in [0, 0.1) is 12.8 Å². The first kappa shape index (κ1) is 14.4. The summed E-state index contributed by atoms with van der Waals surface area (Å²) in [5, 5.41) is 21.0. The van der Waals surface area contributed by atoms with E-state index in [1.165, 1.54) is 6.07 Å². The molecule has 100 valence electrons. The van der Waals surface area contributed by atoms with Gasteiger partial charge in [0.15, 0.2) is 5.69 Å². The van der Waals surface area contributed by atoms with Crippen molar-refractivity contribution in [3.05, 3.63) is 17.5 Å². The normalized spacial score (nSPS) is 12.5. The fraction of sp³-hybridized carbons (Fsp3) is 0.583. The molecule has 6 heteroatoms. The van der Waals surface area contributed by atoms with Crippen molar-refractivity contribution in [2.24, 2.45) is 5.92 Å². The van der Waals surface area contributed by atoms with Crippen molar-refractivity contribution in [1.29, 1.82) is 0 Å². The number of nitrogens with one attached hydrogen (secondary N) is 1. The summed E-state index contributed by atoms with van der Waals surface area (Å²) in [7, 11) is 0. The number of aliphatic hydroxyl groups excluding tert-OH is 1. The molecule has 3 N–H and O–H groups in total. The zero-order valence-corrected chi connectivity index (χ0v) is 10.8. The highest BCUT2D eigenvalue weighted by atomic mass is 16.4. The van der Waals surface area contributed by atoms with Crippen LogP contribution in [0.25, 0.3) is 0 Å². The molecule has 0 saturated carbocycles. The van der Waals surface area contributed by atoms with Gasteiger partial charge in [-0.25, -0.2) is 14.8 Å². The molecule has 6 nitrogen and oxygen atoms in total. The number of hydrogen-bond acceptors (Lipinski definition) is 5. The maximum Gasteiger partial charge on any atom is 0.354 e. The molecule has 0 aliphatic rings. The van der Waals surface area contributed by atoms with E-state index in [1.807, 2.05) is 13.8 Å². The fourth-order valence-corrected chi connectivity index (χ4v) is 1.62. The zero-order chi connectivity index (χ0) is 13.7. The van der Waals surface area contributed by atoms with E-state index in [2.05, 4.69) is 15.3 Å². The molecule has 0 aliphatic carbocycles. The van der Waals surface area contributed by atoms with E-state index >= 15 is 0 Å². The maximum absolute atomic E-state index is 10.9. The minimum absolute atomic E-state index is 0.0124. The van der Waals surface area contributed by atoms with E-state index in [0.29, 0.717) is 18.1 Å². The summed E-state index contributed by atoms with van der Waals surface area (Å²) in [4.78, 5) is 19.0. The maximum atomic E-state index is 10.9. The van der Waals surface area contributed by atoms with Crippen LogP contribution >= 0.6 is 0 Å². The van der Waals surface area contributed by atoms with Crippen molar-refractivity contribution >= 4 is 11.9 Å². The number of carboxylic acid groups (broad SMARTS) is 1. The first-order chi connectivity index (χ1) is 8.43. The Morgan fingerprint density at radius 2 is 2.11 bits per heavy atom. The molecular formula is C12H19N3O3. The molecular weight excluding hydrogens is 234 g/mol. The van der Waals surface area contributed by atoms with Gasteiger partial charge in [0.1, 0.15) is 0 Å². The third-order valence-electron chi connectivity index (χ3n) is 2.63. The minimum atomic E-state index is -1.08. The first-order valence-electron chi connectivity index (χ1n) is 5.90. The molecule has 1 unspecified atom stereocenters. The fourth-order valence-electron chi connectivity index (χ4n) is 1.62. The van der Waals surface area contributed by atoms with Crippen LogP contribution in [0.3, 0.4) is 0 Å². The first-order valence-corrected chi connectivity index (χ1v) is 5.90. The van der Waals surface area contributed by atoms with Crippen molar-refractivity contribution in [2.75, 3.05) is 11.9 Å². The number of aliphatic hydroxyl groups is 1. The number of aromatic nitrogens is 2. The summed E-state index contributed by atoms with van der Waals surface area (Å²) < 4.78 is 0. The smallest absolute Gasteiger partial charge is 0.354 e. The molecule has 0 amide bonds. The molecule has 0 aliphatic heterocycles. The summed E-state index contributed by atoms with van der Waals surface area (Å²) in [6, 6.07) is 1.43. The number of carbonyl (C=O) groups is 1. The van der Waals surface area contributed by atoms with E-state index in [9.17, 15) is 4.79 Å². The second-order valence-corrected chi connectivity index (χ2v) is 4.53. The van der Waals surface area contributed by atoms with Crippen LogP contribution in [0.4, 0.5) is 5.95 Å². The number of rotatable bonds is 6. The second kappa shape index (κ2) is 6.30. The highest BCUT2D eigenvalue weighted by Crippen LogP contribution is 2.13. The van der Waals surface area contributed by atoms with Gasteiger partial charge in [-0.2, -0.15) is 0 Å². The molecule has 18 heavy (non-hydrogen) atoms. The Kier molecular flexibility index (Phi) is 5.03. The van der Waals surface area contributed by atoms with Crippen LogP contribution in [-0.2, 0) is 0 Å². The van der Waals surface area contributed by atoms with Crippen molar-refractivity contribution in [1.82, 2.24) is 9.97 Å². The topological polar surface area (TPSA) is 95.3 Å². The third-order valence-corrected chi connectivity index (χ3v) is 2.63. The Balaban J connectivity index is 2.91. The van der Waals surface area contributed by atoms with Gasteiger partial charge < -0.3 is 15.5 Å². The highest BCUT2D eigenvalue weighted by Gasteiger charge is 2.15. The van der Waals surface area contributed by atoms with E-state index in [0.717, 1.165) is 0 Å². The summed E-state index contributed by atoms with van der Waals surface area (Å²) in [6.45, 7) is 5.81. The predicted molar refractivity (Wildman–Crippen MR) is 67.7 cm³/mol. The molecule has 1 heterocycles. The zero-order valence-electron chi connectivity index (χ0n) is 10.8. The minimum Gasteiger partial charge on any atom is -0.477 e. The Bertz CT molecular complexity index is 421. The molecule has 0 radical (unpaired) electrons. The summed E-state index contributed by atoms with van der Waals surface area (Å²) in [5.41, 5.74) is 0.563. The van der Waals surface area contributed by atoms with Crippen LogP contribution in [0.5, 0.6) is 0 Å². The lowest BCUT2D eigenvalue weighted by molar-refractivity contribution is 0.0690. The molecule has 1 aromatic rings. The van der Waals surface area contributed by atoms with Crippen LogP contribution in [0.1, 0.15) is 36.5 Å². The van der Waals surface area contributed by atoms with Gasteiger partial charge in [-0.15, -0.1) is 0 Å². The van der Waals surface area contributed by atoms with Gasteiger partial charge in [0.25, 0.3) is 0 Å². The third kappa shape index (κ3) is 3.96. The standard InChI is InChI=1S/C12H19N3O3/c1-7(2)9(4-5-16)14-12-13-8(3)6-10(15-12)11(17)18/h6-7,9,16H,4-5H2,1-3H3,(H,17,18)(H,13,14,15). The highest BCUT2D eigenvalue weighted by molar-refractivity contribution is 5.85. The van der Waals surface area contributed by atoms with Gasteiger partial charge >= 0.3 is 5.97 Å². The average molecular weight is 253 g/mol. The lowest BCUT2D eigenvalue weighted by Gasteiger charge is -2.21. The molecule has 1 atom stereocenters.